The van der Waals surface area contributed by atoms with Crippen molar-refractivity contribution in [2.45, 2.75) is 6.18 Å². The lowest BCUT2D eigenvalue weighted by molar-refractivity contribution is -0.114. The summed E-state index contributed by atoms with van der Waals surface area (Å²) < 4.78 is 51.5. The van der Waals surface area contributed by atoms with E-state index in [-0.39, 0.29) is 17.0 Å². The molecule has 0 unspecified atom stereocenters. The van der Waals surface area contributed by atoms with Gasteiger partial charge in [0.2, 0.25) is 0 Å². The normalized spacial score (nSPS) is 15.8. The van der Waals surface area contributed by atoms with Gasteiger partial charge in [-0.15, -0.1) is 0 Å². The van der Waals surface area contributed by atoms with E-state index in [2.05, 4.69) is 21.0 Å². The van der Waals surface area contributed by atoms with Crippen LogP contribution in [0.2, 0.25) is 0 Å². The zero-order valence-corrected chi connectivity index (χ0v) is 16.3. The molecule has 1 heterocycles. The number of alkyl halides is 3. The maximum absolute atomic E-state index is 13.5. The van der Waals surface area contributed by atoms with Crippen LogP contribution >= 0.6 is 15.9 Å². The highest BCUT2D eigenvalue weighted by Crippen LogP contribution is 2.37. The lowest BCUT2D eigenvalue weighted by Gasteiger charge is -2.12. The molecule has 0 spiro atoms. The average Bonchev–Trinajstić information content (AvgIpc) is 2.99. The predicted molar refractivity (Wildman–Crippen MR) is 103 cm³/mol. The molecular weight excluding hydrogens is 441 g/mol. The Morgan fingerprint density at radius 1 is 1.07 bits per heavy atom. The van der Waals surface area contributed by atoms with Crippen molar-refractivity contribution in [2.24, 2.45) is 5.10 Å². The lowest BCUT2D eigenvalue weighted by Crippen LogP contribution is -2.25. The maximum Gasteiger partial charge on any atom is 0.435 e. The number of carbonyl (C=O) groups is 1. The van der Waals surface area contributed by atoms with E-state index in [0.717, 1.165) is 11.1 Å². The standard InChI is InChI=1S/C19H14BrF3N2O3/c1-27-15-10-16(28-2)14(20)9-11(15)8-13-17(19(21,22)23)24-25(18(13)26)12-6-4-3-5-7-12/h3-10H,1-2H3/b13-8-. The average molecular weight is 455 g/mol. The molecule has 5 nitrogen and oxygen atoms in total. The van der Waals surface area contributed by atoms with E-state index in [1.54, 1.807) is 18.2 Å². The first-order valence-electron chi connectivity index (χ1n) is 7.95. The largest absolute Gasteiger partial charge is 0.496 e. The number of anilines is 1. The quantitative estimate of drug-likeness (QED) is 0.622. The molecule has 0 bridgehead atoms. The van der Waals surface area contributed by atoms with Gasteiger partial charge in [-0.25, -0.2) is 0 Å². The Morgan fingerprint density at radius 2 is 1.71 bits per heavy atom. The Balaban J connectivity index is 2.13. The number of ether oxygens (including phenoxy) is 2. The van der Waals surface area contributed by atoms with Crippen molar-refractivity contribution in [2.75, 3.05) is 19.2 Å². The number of para-hydroxylation sites is 1. The molecule has 1 amide bonds. The molecule has 2 aromatic carbocycles. The molecule has 0 saturated heterocycles. The monoisotopic (exact) mass is 454 g/mol. The molecule has 1 aliphatic heterocycles. The molecule has 146 valence electrons. The molecule has 3 rings (SSSR count). The first-order chi connectivity index (χ1) is 13.3. The summed E-state index contributed by atoms with van der Waals surface area (Å²) in [4.78, 5) is 12.7. The van der Waals surface area contributed by atoms with E-state index < -0.39 is 23.4 Å². The maximum atomic E-state index is 13.5. The molecule has 2 aromatic rings. The van der Waals surface area contributed by atoms with Crippen LogP contribution in [-0.2, 0) is 4.79 Å². The summed E-state index contributed by atoms with van der Waals surface area (Å²) in [5.74, 6) is -0.195. The minimum absolute atomic E-state index is 0.237. The minimum Gasteiger partial charge on any atom is -0.496 e. The molecule has 0 aliphatic carbocycles. The minimum atomic E-state index is -4.80. The molecule has 0 N–H and O–H groups in total. The molecule has 0 saturated carbocycles. The van der Waals surface area contributed by atoms with Crippen molar-refractivity contribution in [1.82, 2.24) is 0 Å². The van der Waals surface area contributed by atoms with Gasteiger partial charge in [0.1, 0.15) is 11.5 Å². The number of hydrogen-bond acceptors (Lipinski definition) is 4. The third kappa shape index (κ3) is 3.75. The highest BCUT2D eigenvalue weighted by Gasteiger charge is 2.46. The molecule has 9 heteroatoms. The number of benzene rings is 2. The number of halogens is 4. The summed E-state index contributed by atoms with van der Waals surface area (Å²) >= 11 is 3.28. The van der Waals surface area contributed by atoms with Crippen LogP contribution in [0.1, 0.15) is 5.56 Å². The molecule has 0 atom stereocenters. The van der Waals surface area contributed by atoms with Crippen molar-refractivity contribution in [3.63, 3.8) is 0 Å². The molecular formula is C19H14BrF3N2O3. The van der Waals surface area contributed by atoms with Crippen molar-refractivity contribution >= 4 is 39.3 Å². The zero-order valence-electron chi connectivity index (χ0n) is 14.7. The number of methoxy groups -OCH3 is 2. The molecule has 0 radical (unpaired) electrons. The van der Waals surface area contributed by atoms with Crippen LogP contribution in [0.3, 0.4) is 0 Å². The van der Waals surface area contributed by atoms with Crippen molar-refractivity contribution in [3.8, 4) is 11.5 Å². The highest BCUT2D eigenvalue weighted by molar-refractivity contribution is 9.10. The summed E-state index contributed by atoms with van der Waals surface area (Å²) in [6, 6.07) is 10.9. The van der Waals surface area contributed by atoms with Gasteiger partial charge in [-0.2, -0.15) is 23.3 Å². The van der Waals surface area contributed by atoms with Gasteiger partial charge in [0, 0.05) is 11.6 Å². The Bertz CT molecular complexity index is 972. The molecule has 0 aromatic heterocycles. The third-order valence-electron chi connectivity index (χ3n) is 3.95. The predicted octanol–water partition coefficient (Wildman–Crippen LogP) is 4.81. The van der Waals surface area contributed by atoms with Gasteiger partial charge in [0.05, 0.1) is 30.0 Å². The van der Waals surface area contributed by atoms with E-state index in [1.165, 1.54) is 38.5 Å². The first kappa shape index (κ1) is 19.9. The van der Waals surface area contributed by atoms with Gasteiger partial charge in [0.25, 0.3) is 5.91 Å². The second-order valence-electron chi connectivity index (χ2n) is 5.69. The van der Waals surface area contributed by atoms with Gasteiger partial charge < -0.3 is 9.47 Å². The van der Waals surface area contributed by atoms with Crippen LogP contribution in [0.5, 0.6) is 11.5 Å². The fourth-order valence-electron chi connectivity index (χ4n) is 2.65. The fraction of sp³-hybridized carbons (Fsp3) is 0.158. The zero-order chi connectivity index (χ0) is 20.5. The van der Waals surface area contributed by atoms with Crippen molar-refractivity contribution in [1.29, 1.82) is 0 Å². The number of rotatable bonds is 4. The van der Waals surface area contributed by atoms with Gasteiger partial charge in [-0.05, 0) is 40.2 Å². The number of hydrazone groups is 1. The summed E-state index contributed by atoms with van der Waals surface area (Å²) in [6.07, 6.45) is -3.69. The number of amides is 1. The highest BCUT2D eigenvalue weighted by atomic mass is 79.9. The summed E-state index contributed by atoms with van der Waals surface area (Å²) in [6.45, 7) is 0. The summed E-state index contributed by atoms with van der Waals surface area (Å²) in [7, 11) is 2.82. The van der Waals surface area contributed by atoms with Crippen LogP contribution in [-0.4, -0.2) is 32.0 Å². The number of nitrogens with zero attached hydrogens (tertiary/aromatic N) is 2. The van der Waals surface area contributed by atoms with Crippen LogP contribution in [0, 0.1) is 0 Å². The molecule has 1 aliphatic rings. The Morgan fingerprint density at radius 3 is 2.29 bits per heavy atom. The van der Waals surface area contributed by atoms with E-state index in [9.17, 15) is 18.0 Å². The Kier molecular flexibility index (Phi) is 5.46. The fourth-order valence-corrected chi connectivity index (χ4v) is 3.17. The van der Waals surface area contributed by atoms with E-state index >= 15 is 0 Å². The van der Waals surface area contributed by atoms with Gasteiger partial charge in [-0.1, -0.05) is 18.2 Å². The summed E-state index contributed by atoms with van der Waals surface area (Å²) in [5.41, 5.74) is -1.34. The Hall–Kier alpha value is -2.81. The van der Waals surface area contributed by atoms with Gasteiger partial charge in [-0.3, -0.25) is 4.79 Å². The number of hydrogen-bond donors (Lipinski definition) is 0. The van der Waals surface area contributed by atoms with E-state index in [1.807, 2.05) is 0 Å². The molecule has 0 fully saturated rings. The first-order valence-corrected chi connectivity index (χ1v) is 8.74. The number of carbonyl (C=O) groups excluding carboxylic acids is 1. The Labute approximate surface area is 167 Å². The van der Waals surface area contributed by atoms with Crippen LogP contribution in [0.15, 0.2) is 57.6 Å². The van der Waals surface area contributed by atoms with Gasteiger partial charge in [0.15, 0.2) is 5.71 Å². The van der Waals surface area contributed by atoms with Crippen LogP contribution in [0.4, 0.5) is 18.9 Å². The van der Waals surface area contributed by atoms with E-state index in [4.69, 9.17) is 9.47 Å². The third-order valence-corrected chi connectivity index (χ3v) is 4.57. The smallest absolute Gasteiger partial charge is 0.435 e. The topological polar surface area (TPSA) is 51.1 Å². The SMILES string of the molecule is COc1cc(OC)c(/C=C2\C(=O)N(c3ccccc3)N=C2C(F)(F)F)cc1Br. The van der Waals surface area contributed by atoms with Gasteiger partial charge >= 0.3 is 6.18 Å². The second kappa shape index (κ2) is 7.67. The second-order valence-corrected chi connectivity index (χ2v) is 6.54. The van der Waals surface area contributed by atoms with Crippen molar-refractivity contribution < 1.29 is 27.4 Å². The molecule has 28 heavy (non-hydrogen) atoms. The van der Waals surface area contributed by atoms with Crippen LogP contribution in [0.25, 0.3) is 6.08 Å². The van der Waals surface area contributed by atoms with E-state index in [0.29, 0.717) is 10.2 Å². The lowest BCUT2D eigenvalue weighted by atomic mass is 10.0. The van der Waals surface area contributed by atoms with Crippen LogP contribution < -0.4 is 14.5 Å². The summed E-state index contributed by atoms with van der Waals surface area (Å²) in [5, 5.41) is 4.27. The van der Waals surface area contributed by atoms with Crippen molar-refractivity contribution in [3.05, 3.63) is 58.1 Å².